The van der Waals surface area contributed by atoms with Crippen molar-refractivity contribution >= 4 is 35.0 Å². The molecule has 1 atom stereocenters. The maximum absolute atomic E-state index is 12.6. The number of rotatable bonds is 8. The zero-order valence-corrected chi connectivity index (χ0v) is 18.5. The van der Waals surface area contributed by atoms with E-state index in [-0.39, 0.29) is 11.8 Å². The lowest BCUT2D eigenvalue weighted by molar-refractivity contribution is -0.117. The summed E-state index contributed by atoms with van der Waals surface area (Å²) in [5, 5.41) is 6.61. The summed E-state index contributed by atoms with van der Waals surface area (Å²) in [6, 6.07) is 7.30. The molecule has 2 aromatic rings. The van der Waals surface area contributed by atoms with E-state index in [0.29, 0.717) is 36.6 Å². The number of anilines is 2. The third kappa shape index (κ3) is 5.92. The molecule has 2 N–H and O–H groups in total. The van der Waals surface area contributed by atoms with E-state index in [2.05, 4.69) is 32.8 Å². The van der Waals surface area contributed by atoms with E-state index in [4.69, 9.17) is 0 Å². The Balaban J connectivity index is 1.59. The Labute approximate surface area is 182 Å². The zero-order valence-electron chi connectivity index (χ0n) is 17.7. The number of nitrogens with one attached hydrogen (secondary N) is 2. The van der Waals surface area contributed by atoms with Gasteiger partial charge in [0.25, 0.3) is 0 Å². The Morgan fingerprint density at radius 1 is 1.07 bits per heavy atom. The van der Waals surface area contributed by atoms with Gasteiger partial charge in [0, 0.05) is 24.2 Å². The maximum atomic E-state index is 12.6. The van der Waals surface area contributed by atoms with Crippen molar-refractivity contribution in [3.63, 3.8) is 0 Å². The Morgan fingerprint density at radius 2 is 1.70 bits per heavy atom. The first-order chi connectivity index (χ1) is 14.5. The van der Waals surface area contributed by atoms with E-state index in [1.54, 1.807) is 12.1 Å². The number of aryl methyl sites for hydroxylation is 2. The highest BCUT2D eigenvalue weighted by atomic mass is 32.2. The summed E-state index contributed by atoms with van der Waals surface area (Å²) < 4.78 is 0. The van der Waals surface area contributed by atoms with Crippen LogP contribution in [0.4, 0.5) is 11.4 Å². The standard InChI is InChI=1S/C23H28N4O2S/c1-15-18(16(2)25-23(24-15)30-3)12-13-21(28)26-19-10-6-7-11-20(19)27-22(29)14-17-8-4-5-9-17/h4,6-8,10-11,17H,5,9,12-14H2,1-3H3,(H,26,28)(H,27,29). The van der Waals surface area contributed by atoms with Gasteiger partial charge in [-0.25, -0.2) is 9.97 Å². The first kappa shape index (κ1) is 22.0. The molecule has 1 aromatic carbocycles. The largest absolute Gasteiger partial charge is 0.324 e. The van der Waals surface area contributed by atoms with Gasteiger partial charge in [-0.1, -0.05) is 36.0 Å². The van der Waals surface area contributed by atoms with E-state index in [1.165, 1.54) is 11.8 Å². The highest BCUT2D eigenvalue weighted by Crippen LogP contribution is 2.25. The van der Waals surface area contributed by atoms with Crippen LogP contribution in [0.3, 0.4) is 0 Å². The summed E-state index contributed by atoms with van der Waals surface area (Å²) >= 11 is 1.51. The number of allylic oxidation sites excluding steroid dienone is 2. The molecule has 7 heteroatoms. The molecule has 0 saturated carbocycles. The molecule has 1 aliphatic rings. The zero-order chi connectivity index (χ0) is 21.5. The van der Waals surface area contributed by atoms with Crippen LogP contribution in [0.2, 0.25) is 0 Å². The molecular weight excluding hydrogens is 396 g/mol. The van der Waals surface area contributed by atoms with Crippen molar-refractivity contribution in [1.82, 2.24) is 9.97 Å². The molecule has 1 aliphatic carbocycles. The number of hydrogen-bond acceptors (Lipinski definition) is 5. The molecule has 6 nitrogen and oxygen atoms in total. The van der Waals surface area contributed by atoms with E-state index in [0.717, 1.165) is 34.9 Å². The van der Waals surface area contributed by atoms with Crippen molar-refractivity contribution in [2.75, 3.05) is 16.9 Å². The lowest BCUT2D eigenvalue weighted by Crippen LogP contribution is -2.18. The van der Waals surface area contributed by atoms with Crippen LogP contribution >= 0.6 is 11.8 Å². The molecule has 1 heterocycles. The van der Waals surface area contributed by atoms with E-state index in [1.807, 2.05) is 32.2 Å². The van der Waals surface area contributed by atoms with E-state index >= 15 is 0 Å². The highest BCUT2D eigenvalue weighted by Gasteiger charge is 2.16. The molecule has 0 saturated heterocycles. The van der Waals surface area contributed by atoms with Crippen molar-refractivity contribution in [3.8, 4) is 0 Å². The number of aromatic nitrogens is 2. The minimum absolute atomic E-state index is 0.0365. The predicted molar refractivity (Wildman–Crippen MR) is 122 cm³/mol. The van der Waals surface area contributed by atoms with Gasteiger partial charge in [-0.3, -0.25) is 9.59 Å². The number of thioether (sulfide) groups is 1. The van der Waals surface area contributed by atoms with Crippen molar-refractivity contribution in [2.45, 2.75) is 51.1 Å². The predicted octanol–water partition coefficient (Wildman–Crippen LogP) is 4.68. The van der Waals surface area contributed by atoms with Crippen molar-refractivity contribution in [1.29, 1.82) is 0 Å². The number of benzene rings is 1. The first-order valence-electron chi connectivity index (χ1n) is 10.2. The number of hydrogen-bond donors (Lipinski definition) is 2. The monoisotopic (exact) mass is 424 g/mol. The van der Waals surface area contributed by atoms with Crippen LogP contribution in [0, 0.1) is 19.8 Å². The molecule has 1 unspecified atom stereocenters. The lowest BCUT2D eigenvalue weighted by Gasteiger charge is -2.14. The Morgan fingerprint density at radius 3 is 2.27 bits per heavy atom. The van der Waals surface area contributed by atoms with Crippen LogP contribution in [-0.4, -0.2) is 28.0 Å². The van der Waals surface area contributed by atoms with Gasteiger partial charge in [-0.05, 0) is 63.0 Å². The van der Waals surface area contributed by atoms with E-state index in [9.17, 15) is 9.59 Å². The second-order valence-corrected chi connectivity index (χ2v) is 8.24. The van der Waals surface area contributed by atoms with Crippen molar-refractivity contribution < 1.29 is 9.59 Å². The summed E-state index contributed by atoms with van der Waals surface area (Å²) in [5.74, 6) is 0.159. The third-order valence-electron chi connectivity index (χ3n) is 5.22. The van der Waals surface area contributed by atoms with Crippen molar-refractivity contribution in [3.05, 3.63) is 53.4 Å². The Bertz CT molecular complexity index is 935. The summed E-state index contributed by atoms with van der Waals surface area (Å²) in [7, 11) is 0. The number of carbonyl (C=O) groups is 2. The molecule has 1 aromatic heterocycles. The van der Waals surface area contributed by atoms with Crippen LogP contribution in [0.25, 0.3) is 0 Å². The molecule has 158 valence electrons. The molecule has 3 rings (SSSR count). The fraction of sp³-hybridized carbons (Fsp3) is 0.391. The molecule has 2 amide bonds. The van der Waals surface area contributed by atoms with Crippen LogP contribution in [0.15, 0.2) is 41.6 Å². The fourth-order valence-electron chi connectivity index (χ4n) is 3.62. The maximum Gasteiger partial charge on any atom is 0.225 e. The van der Waals surface area contributed by atoms with Gasteiger partial charge in [0.1, 0.15) is 0 Å². The van der Waals surface area contributed by atoms with Crippen LogP contribution in [-0.2, 0) is 16.0 Å². The lowest BCUT2D eigenvalue weighted by atomic mass is 10.0. The SMILES string of the molecule is CSc1nc(C)c(CCC(=O)Nc2ccccc2NC(=O)CC2C=CCC2)c(C)n1. The minimum atomic E-state index is -0.108. The molecular formula is C23H28N4O2S. The van der Waals surface area contributed by atoms with Gasteiger partial charge < -0.3 is 10.6 Å². The summed E-state index contributed by atoms with van der Waals surface area (Å²) in [6.45, 7) is 3.90. The Hall–Kier alpha value is -2.67. The summed E-state index contributed by atoms with van der Waals surface area (Å²) in [4.78, 5) is 33.9. The molecule has 0 spiro atoms. The van der Waals surface area contributed by atoms with Gasteiger partial charge >= 0.3 is 0 Å². The number of para-hydroxylation sites is 2. The molecule has 0 bridgehead atoms. The number of nitrogens with zero attached hydrogens (tertiary/aromatic N) is 2. The highest BCUT2D eigenvalue weighted by molar-refractivity contribution is 7.98. The van der Waals surface area contributed by atoms with Crippen LogP contribution in [0.1, 0.15) is 42.6 Å². The third-order valence-corrected chi connectivity index (χ3v) is 5.77. The topological polar surface area (TPSA) is 84.0 Å². The second kappa shape index (κ2) is 10.4. The van der Waals surface area contributed by atoms with Gasteiger partial charge in [-0.15, -0.1) is 0 Å². The first-order valence-corrected chi connectivity index (χ1v) is 11.4. The summed E-state index contributed by atoms with van der Waals surface area (Å²) in [6.07, 6.45) is 9.58. The molecule has 30 heavy (non-hydrogen) atoms. The van der Waals surface area contributed by atoms with Crippen LogP contribution in [0.5, 0.6) is 0 Å². The number of amides is 2. The van der Waals surface area contributed by atoms with Crippen LogP contribution < -0.4 is 10.6 Å². The average Bonchev–Trinajstić information content (AvgIpc) is 3.21. The normalized spacial score (nSPS) is 15.2. The minimum Gasteiger partial charge on any atom is -0.324 e. The van der Waals surface area contributed by atoms with E-state index < -0.39 is 0 Å². The van der Waals surface area contributed by atoms with Gasteiger partial charge in [-0.2, -0.15) is 0 Å². The Kier molecular flexibility index (Phi) is 7.63. The quantitative estimate of drug-likeness (QED) is 0.365. The number of carbonyl (C=O) groups excluding carboxylic acids is 2. The smallest absolute Gasteiger partial charge is 0.225 e. The van der Waals surface area contributed by atoms with Gasteiger partial charge in [0.2, 0.25) is 11.8 Å². The average molecular weight is 425 g/mol. The summed E-state index contributed by atoms with van der Waals surface area (Å²) in [5.41, 5.74) is 4.06. The van der Waals surface area contributed by atoms with Gasteiger partial charge in [0.05, 0.1) is 11.4 Å². The second-order valence-electron chi connectivity index (χ2n) is 7.47. The fourth-order valence-corrected chi connectivity index (χ4v) is 4.08. The van der Waals surface area contributed by atoms with Crippen molar-refractivity contribution in [2.24, 2.45) is 5.92 Å². The molecule has 0 fully saturated rings. The van der Waals surface area contributed by atoms with Gasteiger partial charge in [0.15, 0.2) is 5.16 Å². The molecule has 0 radical (unpaired) electrons. The molecule has 0 aliphatic heterocycles.